The van der Waals surface area contributed by atoms with Crippen LogP contribution in [0, 0.1) is 0 Å². The Kier molecular flexibility index (Phi) is 4.80. The molecule has 2 N–H and O–H groups in total. The van der Waals surface area contributed by atoms with Gasteiger partial charge in [-0.2, -0.15) is 0 Å². The van der Waals surface area contributed by atoms with Crippen LogP contribution in [0.15, 0.2) is 72.0 Å². The van der Waals surface area contributed by atoms with Crippen molar-refractivity contribution in [2.24, 2.45) is 0 Å². The number of H-pyrrole nitrogens is 1. The third kappa shape index (κ3) is 3.49. The molecule has 0 aliphatic rings. The van der Waals surface area contributed by atoms with E-state index in [-0.39, 0.29) is 11.5 Å². The largest absolute Gasteiger partial charge is 0.361 e. The van der Waals surface area contributed by atoms with Crippen LogP contribution in [0.5, 0.6) is 0 Å². The Labute approximate surface area is 182 Å². The smallest absolute Gasteiger partial charge is 0.194 e. The molecule has 31 heavy (non-hydrogen) atoms. The highest BCUT2D eigenvalue weighted by Crippen LogP contribution is 2.33. The van der Waals surface area contributed by atoms with E-state index in [0.29, 0.717) is 21.9 Å². The lowest BCUT2D eigenvalue weighted by atomic mass is 10.0. The number of nitrogens with one attached hydrogen (secondary N) is 2. The van der Waals surface area contributed by atoms with Crippen molar-refractivity contribution in [2.45, 2.75) is 13.0 Å². The number of hydrogen-bond donors (Lipinski definition) is 2. The molecule has 8 heteroatoms. The van der Waals surface area contributed by atoms with Gasteiger partial charge in [0.1, 0.15) is 23.2 Å². The highest BCUT2D eigenvalue weighted by atomic mass is 35.5. The fourth-order valence-corrected chi connectivity index (χ4v) is 3.85. The predicted molar refractivity (Wildman–Crippen MR) is 122 cm³/mol. The van der Waals surface area contributed by atoms with Gasteiger partial charge >= 0.3 is 0 Å². The number of aromatic nitrogens is 5. The summed E-state index contributed by atoms with van der Waals surface area (Å²) in [7, 11) is 0. The van der Waals surface area contributed by atoms with E-state index in [2.05, 4.69) is 25.3 Å². The summed E-state index contributed by atoms with van der Waals surface area (Å²) < 4.78 is 0. The van der Waals surface area contributed by atoms with E-state index in [4.69, 9.17) is 16.6 Å². The quantitative estimate of drug-likeness (QED) is 0.428. The Balaban J connectivity index is 1.67. The number of hydrogen-bond acceptors (Lipinski definition) is 6. The van der Waals surface area contributed by atoms with Gasteiger partial charge < -0.3 is 10.3 Å². The molecule has 0 spiro atoms. The number of aromatic amines is 1. The summed E-state index contributed by atoms with van der Waals surface area (Å²) in [4.78, 5) is 33.3. The molecule has 0 aliphatic carbocycles. The molecular weight excluding hydrogens is 412 g/mol. The van der Waals surface area contributed by atoms with Crippen LogP contribution in [0.2, 0.25) is 5.02 Å². The van der Waals surface area contributed by atoms with E-state index in [0.717, 1.165) is 27.9 Å². The molecule has 0 radical (unpaired) electrons. The lowest BCUT2D eigenvalue weighted by Gasteiger charge is -2.19. The van der Waals surface area contributed by atoms with Gasteiger partial charge in [0.2, 0.25) is 0 Å². The van der Waals surface area contributed by atoms with Gasteiger partial charge in [-0.25, -0.2) is 15.0 Å². The maximum absolute atomic E-state index is 12.4. The average Bonchev–Trinajstić information content (AvgIpc) is 2.79. The van der Waals surface area contributed by atoms with E-state index >= 15 is 0 Å². The Morgan fingerprint density at radius 2 is 1.97 bits per heavy atom. The third-order valence-electron chi connectivity index (χ3n) is 5.09. The molecule has 0 aliphatic heterocycles. The number of anilines is 1. The zero-order chi connectivity index (χ0) is 21.4. The minimum atomic E-state index is -0.280. The van der Waals surface area contributed by atoms with Crippen LogP contribution < -0.4 is 10.7 Å². The first-order valence-corrected chi connectivity index (χ1v) is 10.1. The van der Waals surface area contributed by atoms with Crippen molar-refractivity contribution in [3.63, 3.8) is 0 Å². The molecule has 0 amide bonds. The summed E-state index contributed by atoms with van der Waals surface area (Å²) >= 11 is 6.43. The number of rotatable bonds is 4. The van der Waals surface area contributed by atoms with E-state index in [1.165, 1.54) is 12.4 Å². The van der Waals surface area contributed by atoms with Crippen LogP contribution in [0.3, 0.4) is 0 Å². The zero-order valence-electron chi connectivity index (χ0n) is 16.5. The van der Waals surface area contributed by atoms with E-state index in [9.17, 15) is 4.79 Å². The minimum absolute atomic E-state index is 0.160. The summed E-state index contributed by atoms with van der Waals surface area (Å²) in [6.07, 6.45) is 4.73. The van der Waals surface area contributed by atoms with E-state index in [1.807, 2.05) is 49.4 Å². The van der Waals surface area contributed by atoms with E-state index in [1.54, 1.807) is 12.4 Å². The summed E-state index contributed by atoms with van der Waals surface area (Å²) in [5.74, 6) is 0.444. The summed E-state index contributed by atoms with van der Waals surface area (Å²) in [5.41, 5.74) is 3.50. The zero-order valence-corrected chi connectivity index (χ0v) is 17.3. The maximum atomic E-state index is 12.4. The van der Waals surface area contributed by atoms with E-state index < -0.39 is 0 Å². The molecule has 0 bridgehead atoms. The third-order valence-corrected chi connectivity index (χ3v) is 5.42. The van der Waals surface area contributed by atoms with Crippen LogP contribution in [-0.4, -0.2) is 24.9 Å². The number of pyridine rings is 3. The van der Waals surface area contributed by atoms with Crippen molar-refractivity contribution in [3.05, 3.63) is 88.2 Å². The number of benzene rings is 1. The summed E-state index contributed by atoms with van der Waals surface area (Å²) in [5, 5.41) is 5.22. The second-order valence-electron chi connectivity index (χ2n) is 7.10. The van der Waals surface area contributed by atoms with Gasteiger partial charge in [-0.05, 0) is 37.3 Å². The number of halogens is 1. The summed E-state index contributed by atoms with van der Waals surface area (Å²) in [6, 6.07) is 14.5. The van der Waals surface area contributed by atoms with Crippen molar-refractivity contribution in [1.29, 1.82) is 0 Å². The van der Waals surface area contributed by atoms with Gasteiger partial charge in [0.25, 0.3) is 0 Å². The van der Waals surface area contributed by atoms with Gasteiger partial charge in [0.05, 0.1) is 22.9 Å². The highest BCUT2D eigenvalue weighted by Gasteiger charge is 2.19. The first-order chi connectivity index (χ1) is 15.1. The molecule has 0 saturated carbocycles. The fraction of sp³-hybridized carbons (Fsp3) is 0.0870. The van der Waals surface area contributed by atoms with Crippen molar-refractivity contribution < 1.29 is 0 Å². The topological polar surface area (TPSA) is 96.5 Å². The van der Waals surface area contributed by atoms with Gasteiger partial charge in [0.15, 0.2) is 5.43 Å². The number of nitrogens with zero attached hydrogens (tertiary/aromatic N) is 4. The Morgan fingerprint density at radius 3 is 2.81 bits per heavy atom. The lowest BCUT2D eigenvalue weighted by molar-refractivity contribution is 0.841. The molecule has 0 fully saturated rings. The normalized spacial score (nSPS) is 12.2. The molecular formula is C23H17ClN6O. The lowest BCUT2D eigenvalue weighted by Crippen LogP contribution is -2.14. The molecule has 0 saturated heterocycles. The molecule has 4 aromatic heterocycles. The van der Waals surface area contributed by atoms with Crippen LogP contribution in [0.4, 0.5) is 5.82 Å². The Hall–Kier alpha value is -3.84. The predicted octanol–water partition coefficient (Wildman–Crippen LogP) is 4.75. The monoisotopic (exact) mass is 428 g/mol. The molecule has 1 aromatic carbocycles. The summed E-state index contributed by atoms with van der Waals surface area (Å²) in [6.45, 7) is 1.97. The molecule has 0 unspecified atom stereocenters. The van der Waals surface area contributed by atoms with Crippen molar-refractivity contribution in [3.8, 4) is 11.3 Å². The van der Waals surface area contributed by atoms with Crippen LogP contribution in [-0.2, 0) is 0 Å². The van der Waals surface area contributed by atoms with Crippen molar-refractivity contribution in [2.75, 3.05) is 5.32 Å². The van der Waals surface area contributed by atoms with Crippen LogP contribution in [0.1, 0.15) is 18.7 Å². The number of fused-ring (bicyclic) bond motifs is 2. The second kappa shape index (κ2) is 7.77. The second-order valence-corrected chi connectivity index (χ2v) is 7.50. The average molecular weight is 429 g/mol. The van der Waals surface area contributed by atoms with Crippen molar-refractivity contribution >= 4 is 39.4 Å². The molecule has 5 aromatic rings. The first-order valence-electron chi connectivity index (χ1n) is 9.71. The Bertz CT molecular complexity index is 1460. The first kappa shape index (κ1) is 19.1. The van der Waals surface area contributed by atoms with Gasteiger partial charge in [-0.1, -0.05) is 23.7 Å². The molecule has 4 heterocycles. The molecule has 1 atom stereocenters. The SMILES string of the molecule is C[C@H](Nc1ncnc2[nH]ccc(=O)c12)c1nc2cccc(Cl)c2cc1-c1ccccn1. The molecule has 7 nitrogen and oxygen atoms in total. The van der Waals surface area contributed by atoms with Gasteiger partial charge in [-0.15, -0.1) is 0 Å². The van der Waals surface area contributed by atoms with Crippen LogP contribution in [0.25, 0.3) is 33.2 Å². The minimum Gasteiger partial charge on any atom is -0.361 e. The standard InChI is InChI=1S/C23H17ClN6O/c1-13(29-23-20-19(31)8-10-26-22(20)27-12-28-23)21-15(17-6-2-3-9-25-17)11-14-16(24)5-4-7-18(14)30-21/h2-13H,1H3,(H2,26,27,28,29,31)/t13-/m0/s1. The molecule has 5 rings (SSSR count). The van der Waals surface area contributed by atoms with Gasteiger partial charge in [0, 0.05) is 34.4 Å². The Morgan fingerprint density at radius 1 is 1.06 bits per heavy atom. The van der Waals surface area contributed by atoms with Gasteiger partial charge in [-0.3, -0.25) is 9.78 Å². The fourth-order valence-electron chi connectivity index (χ4n) is 3.62. The molecule has 152 valence electrons. The van der Waals surface area contributed by atoms with Crippen molar-refractivity contribution in [1.82, 2.24) is 24.9 Å². The maximum Gasteiger partial charge on any atom is 0.194 e. The van der Waals surface area contributed by atoms with Crippen LogP contribution >= 0.6 is 11.6 Å². The highest BCUT2D eigenvalue weighted by molar-refractivity contribution is 6.35.